The molecule has 0 saturated carbocycles. The van der Waals surface area contributed by atoms with E-state index in [0.29, 0.717) is 6.54 Å². The highest BCUT2D eigenvalue weighted by molar-refractivity contribution is 5.56. The minimum absolute atomic E-state index is 0.697. The standard InChI is InChI=1S/C10H15N5O/c1-8-9(4-7-16-8)10-12-13-14-15(10)6-3-2-5-11/h4,7H,2-3,5-6,11H2,1H3. The zero-order chi connectivity index (χ0) is 11.4. The molecule has 2 aromatic rings. The van der Waals surface area contributed by atoms with Gasteiger partial charge in [-0.2, -0.15) is 0 Å². The number of nitrogens with two attached hydrogens (primary N) is 1. The number of hydrogen-bond acceptors (Lipinski definition) is 5. The van der Waals surface area contributed by atoms with E-state index in [1.807, 2.05) is 13.0 Å². The predicted octanol–water partition coefficient (Wildman–Crippen LogP) is 0.980. The molecule has 6 nitrogen and oxygen atoms in total. The number of furan rings is 1. The van der Waals surface area contributed by atoms with Gasteiger partial charge in [-0.25, -0.2) is 4.68 Å². The molecule has 2 heterocycles. The Labute approximate surface area is 93.4 Å². The van der Waals surface area contributed by atoms with Crippen LogP contribution in [-0.4, -0.2) is 26.8 Å². The molecular weight excluding hydrogens is 206 g/mol. The summed E-state index contributed by atoms with van der Waals surface area (Å²) in [5.74, 6) is 1.58. The van der Waals surface area contributed by atoms with E-state index in [-0.39, 0.29) is 0 Å². The Morgan fingerprint density at radius 1 is 1.44 bits per heavy atom. The first-order valence-corrected chi connectivity index (χ1v) is 5.33. The SMILES string of the molecule is Cc1occc1-c1nnnn1CCCCN. The first-order chi connectivity index (χ1) is 7.83. The Morgan fingerprint density at radius 3 is 3.00 bits per heavy atom. The molecule has 2 N–H and O–H groups in total. The van der Waals surface area contributed by atoms with Crippen molar-refractivity contribution in [3.05, 3.63) is 18.1 Å². The van der Waals surface area contributed by atoms with Crippen molar-refractivity contribution < 1.29 is 4.42 Å². The molecule has 0 atom stereocenters. The molecule has 0 aliphatic carbocycles. The highest BCUT2D eigenvalue weighted by atomic mass is 16.3. The number of hydrogen-bond donors (Lipinski definition) is 1. The smallest absolute Gasteiger partial charge is 0.185 e. The van der Waals surface area contributed by atoms with E-state index in [0.717, 1.165) is 36.5 Å². The monoisotopic (exact) mass is 221 g/mol. The lowest BCUT2D eigenvalue weighted by Crippen LogP contribution is -2.06. The molecule has 0 aliphatic heterocycles. The van der Waals surface area contributed by atoms with Gasteiger partial charge in [-0.15, -0.1) is 5.10 Å². The van der Waals surface area contributed by atoms with Gasteiger partial charge >= 0.3 is 0 Å². The highest BCUT2D eigenvalue weighted by Crippen LogP contribution is 2.21. The molecular formula is C10H15N5O. The van der Waals surface area contributed by atoms with E-state index < -0.39 is 0 Å². The summed E-state index contributed by atoms with van der Waals surface area (Å²) in [4.78, 5) is 0. The topological polar surface area (TPSA) is 82.8 Å². The molecule has 0 bridgehead atoms. The van der Waals surface area contributed by atoms with Crippen LogP contribution in [-0.2, 0) is 6.54 Å². The molecule has 0 aliphatic rings. The van der Waals surface area contributed by atoms with Crippen LogP contribution in [0.2, 0.25) is 0 Å². The highest BCUT2D eigenvalue weighted by Gasteiger charge is 2.12. The summed E-state index contributed by atoms with van der Waals surface area (Å²) in [6.07, 6.45) is 3.60. The summed E-state index contributed by atoms with van der Waals surface area (Å²) in [5, 5.41) is 11.7. The van der Waals surface area contributed by atoms with Crippen molar-refractivity contribution >= 4 is 0 Å². The maximum atomic E-state index is 5.45. The van der Waals surface area contributed by atoms with E-state index in [4.69, 9.17) is 10.2 Å². The Balaban J connectivity index is 2.16. The van der Waals surface area contributed by atoms with Crippen molar-refractivity contribution in [2.45, 2.75) is 26.3 Å². The van der Waals surface area contributed by atoms with Gasteiger partial charge in [0.1, 0.15) is 5.76 Å². The summed E-state index contributed by atoms with van der Waals surface area (Å²) in [6, 6.07) is 1.88. The lowest BCUT2D eigenvalue weighted by Gasteiger charge is -2.02. The minimum atomic E-state index is 0.697. The summed E-state index contributed by atoms with van der Waals surface area (Å²) >= 11 is 0. The third-order valence-electron chi connectivity index (χ3n) is 2.46. The number of rotatable bonds is 5. The minimum Gasteiger partial charge on any atom is -0.469 e. The van der Waals surface area contributed by atoms with E-state index in [1.165, 1.54) is 0 Å². The van der Waals surface area contributed by atoms with Crippen molar-refractivity contribution in [1.82, 2.24) is 20.2 Å². The van der Waals surface area contributed by atoms with Gasteiger partial charge in [0, 0.05) is 6.54 Å². The van der Waals surface area contributed by atoms with E-state index in [1.54, 1.807) is 10.9 Å². The zero-order valence-electron chi connectivity index (χ0n) is 9.26. The van der Waals surface area contributed by atoms with Crippen molar-refractivity contribution in [1.29, 1.82) is 0 Å². The van der Waals surface area contributed by atoms with Gasteiger partial charge in [0.25, 0.3) is 0 Å². The lowest BCUT2D eigenvalue weighted by molar-refractivity contribution is 0.531. The van der Waals surface area contributed by atoms with Crippen LogP contribution < -0.4 is 5.73 Å². The largest absolute Gasteiger partial charge is 0.469 e. The third kappa shape index (κ3) is 2.11. The fraction of sp³-hybridized carbons (Fsp3) is 0.500. The first kappa shape index (κ1) is 10.8. The average Bonchev–Trinajstić information content (AvgIpc) is 2.87. The fourth-order valence-electron chi connectivity index (χ4n) is 1.57. The van der Waals surface area contributed by atoms with Crippen LogP contribution in [0.5, 0.6) is 0 Å². The lowest BCUT2D eigenvalue weighted by atomic mass is 10.2. The number of aromatic nitrogens is 4. The fourth-order valence-corrected chi connectivity index (χ4v) is 1.57. The van der Waals surface area contributed by atoms with Crippen LogP contribution in [0, 0.1) is 6.92 Å². The zero-order valence-corrected chi connectivity index (χ0v) is 9.26. The molecule has 0 aromatic carbocycles. The second-order valence-corrected chi connectivity index (χ2v) is 3.61. The molecule has 0 unspecified atom stereocenters. The van der Waals surface area contributed by atoms with E-state index in [2.05, 4.69) is 15.5 Å². The average molecular weight is 221 g/mol. The Bertz CT molecular complexity index is 448. The van der Waals surface area contributed by atoms with Crippen LogP contribution in [0.4, 0.5) is 0 Å². The van der Waals surface area contributed by atoms with Gasteiger partial charge in [0.2, 0.25) is 0 Å². The molecule has 0 spiro atoms. The molecule has 0 radical (unpaired) electrons. The van der Waals surface area contributed by atoms with Crippen LogP contribution in [0.25, 0.3) is 11.4 Å². The third-order valence-corrected chi connectivity index (χ3v) is 2.46. The summed E-state index contributed by atoms with van der Waals surface area (Å²) in [6.45, 7) is 3.38. The number of nitrogens with zero attached hydrogens (tertiary/aromatic N) is 4. The molecule has 2 aromatic heterocycles. The molecule has 2 rings (SSSR count). The van der Waals surface area contributed by atoms with E-state index in [9.17, 15) is 0 Å². The van der Waals surface area contributed by atoms with Crippen molar-refractivity contribution in [3.63, 3.8) is 0 Å². The Morgan fingerprint density at radius 2 is 2.31 bits per heavy atom. The molecule has 16 heavy (non-hydrogen) atoms. The van der Waals surface area contributed by atoms with Crippen LogP contribution in [0.15, 0.2) is 16.7 Å². The van der Waals surface area contributed by atoms with Gasteiger partial charge in [-0.05, 0) is 42.8 Å². The molecule has 86 valence electrons. The van der Waals surface area contributed by atoms with Crippen molar-refractivity contribution in [2.24, 2.45) is 5.73 Å². The van der Waals surface area contributed by atoms with Gasteiger partial charge in [-0.3, -0.25) is 0 Å². The normalized spacial score (nSPS) is 10.9. The maximum Gasteiger partial charge on any atom is 0.185 e. The van der Waals surface area contributed by atoms with Gasteiger partial charge in [-0.1, -0.05) is 0 Å². The second kappa shape index (κ2) is 4.89. The number of aryl methyl sites for hydroxylation is 2. The van der Waals surface area contributed by atoms with Gasteiger partial charge in [0.05, 0.1) is 11.8 Å². The summed E-state index contributed by atoms with van der Waals surface area (Å²) < 4.78 is 7.03. The number of unbranched alkanes of at least 4 members (excludes halogenated alkanes) is 1. The maximum absolute atomic E-state index is 5.45. The van der Waals surface area contributed by atoms with Gasteiger partial charge < -0.3 is 10.2 Å². The second-order valence-electron chi connectivity index (χ2n) is 3.61. The van der Waals surface area contributed by atoms with E-state index >= 15 is 0 Å². The molecule has 0 fully saturated rings. The Kier molecular flexibility index (Phi) is 3.31. The molecule has 0 amide bonds. The van der Waals surface area contributed by atoms with Crippen LogP contribution >= 0.6 is 0 Å². The van der Waals surface area contributed by atoms with Gasteiger partial charge in [0.15, 0.2) is 5.82 Å². The van der Waals surface area contributed by atoms with Crippen molar-refractivity contribution in [3.8, 4) is 11.4 Å². The predicted molar refractivity (Wildman–Crippen MR) is 58.5 cm³/mol. The quantitative estimate of drug-likeness (QED) is 0.761. The van der Waals surface area contributed by atoms with Crippen molar-refractivity contribution in [2.75, 3.05) is 6.54 Å². The van der Waals surface area contributed by atoms with Crippen LogP contribution in [0.1, 0.15) is 18.6 Å². The Hall–Kier alpha value is -1.69. The molecule has 0 saturated heterocycles. The summed E-state index contributed by atoms with van der Waals surface area (Å²) in [5.41, 5.74) is 6.39. The summed E-state index contributed by atoms with van der Waals surface area (Å²) in [7, 11) is 0. The molecule has 6 heteroatoms. The number of tetrazole rings is 1. The van der Waals surface area contributed by atoms with Crippen LogP contribution in [0.3, 0.4) is 0 Å². The first-order valence-electron chi connectivity index (χ1n) is 5.33.